The molecule has 8 heteroatoms. The fraction of sp³-hybridized carbons (Fsp3) is 0.136. The van der Waals surface area contributed by atoms with Crippen molar-refractivity contribution in [1.82, 2.24) is 4.98 Å². The van der Waals surface area contributed by atoms with Crippen molar-refractivity contribution in [2.24, 2.45) is 0 Å². The third-order valence-electron chi connectivity index (χ3n) is 5.22. The van der Waals surface area contributed by atoms with Crippen LogP contribution in [0.5, 0.6) is 0 Å². The SMILES string of the molecule is Cc1nc(N2C(=O)c3oc4ccc(Br)cc4c(=O)c3C2c2cccc(Br)c2)sc1C. The van der Waals surface area contributed by atoms with Gasteiger partial charge in [-0.3, -0.25) is 14.5 Å². The van der Waals surface area contributed by atoms with E-state index in [1.807, 2.05) is 38.1 Å². The van der Waals surface area contributed by atoms with Crippen LogP contribution in [-0.2, 0) is 0 Å². The van der Waals surface area contributed by atoms with Gasteiger partial charge in [0.2, 0.25) is 5.76 Å². The number of hydrogen-bond donors (Lipinski definition) is 0. The van der Waals surface area contributed by atoms with Crippen LogP contribution in [0, 0.1) is 13.8 Å². The largest absolute Gasteiger partial charge is 0.450 e. The van der Waals surface area contributed by atoms with Gasteiger partial charge in [0, 0.05) is 13.8 Å². The molecule has 4 aromatic rings. The van der Waals surface area contributed by atoms with Gasteiger partial charge < -0.3 is 4.42 Å². The minimum absolute atomic E-state index is 0.0744. The number of halogens is 2. The number of thiazole rings is 1. The normalized spacial score (nSPS) is 15.8. The van der Waals surface area contributed by atoms with E-state index in [-0.39, 0.29) is 17.1 Å². The topological polar surface area (TPSA) is 63.4 Å². The van der Waals surface area contributed by atoms with Crippen LogP contribution in [0.2, 0.25) is 0 Å². The van der Waals surface area contributed by atoms with Gasteiger partial charge in [0.05, 0.1) is 22.7 Å². The van der Waals surface area contributed by atoms with Crippen LogP contribution in [0.4, 0.5) is 5.13 Å². The smallest absolute Gasteiger partial charge is 0.297 e. The predicted octanol–water partition coefficient (Wildman–Crippen LogP) is 6.14. The molecule has 5 nitrogen and oxygen atoms in total. The maximum absolute atomic E-state index is 13.5. The van der Waals surface area contributed by atoms with E-state index < -0.39 is 6.04 Å². The van der Waals surface area contributed by atoms with Crippen molar-refractivity contribution >= 4 is 65.2 Å². The maximum Gasteiger partial charge on any atom is 0.297 e. The standard InChI is InChI=1S/C22H14Br2N2O3S/c1-10-11(2)30-22(25-10)26-18(12-4-3-5-13(23)8-12)17-19(27)15-9-14(24)6-7-16(15)29-20(17)21(26)28/h3-9,18H,1-2H3. The highest BCUT2D eigenvalue weighted by atomic mass is 79.9. The van der Waals surface area contributed by atoms with E-state index in [1.54, 1.807) is 23.1 Å². The molecule has 0 saturated heterocycles. The number of carbonyl (C=O) groups is 1. The zero-order valence-electron chi connectivity index (χ0n) is 15.9. The first-order valence-corrected chi connectivity index (χ1v) is 11.5. The van der Waals surface area contributed by atoms with Crippen molar-refractivity contribution in [1.29, 1.82) is 0 Å². The van der Waals surface area contributed by atoms with Crippen molar-refractivity contribution in [3.63, 3.8) is 0 Å². The summed E-state index contributed by atoms with van der Waals surface area (Å²) in [6.45, 7) is 3.87. The first-order valence-electron chi connectivity index (χ1n) is 9.14. The van der Waals surface area contributed by atoms with E-state index in [0.29, 0.717) is 21.7 Å². The van der Waals surface area contributed by atoms with Crippen LogP contribution in [0.1, 0.15) is 38.3 Å². The number of rotatable bonds is 2. The van der Waals surface area contributed by atoms with Crippen LogP contribution in [0.25, 0.3) is 11.0 Å². The lowest BCUT2D eigenvalue weighted by Gasteiger charge is -2.22. The Bertz CT molecular complexity index is 1390. The van der Waals surface area contributed by atoms with Gasteiger partial charge in [-0.1, -0.05) is 44.0 Å². The molecule has 0 aliphatic carbocycles. The molecule has 0 N–H and O–H groups in total. The summed E-state index contributed by atoms with van der Waals surface area (Å²) < 4.78 is 7.61. The third-order valence-corrected chi connectivity index (χ3v) is 7.28. The molecule has 1 aliphatic rings. The Kier molecular flexibility index (Phi) is 4.68. The molecule has 0 bridgehead atoms. The second-order valence-corrected chi connectivity index (χ2v) is 10.1. The second-order valence-electron chi connectivity index (χ2n) is 7.09. The van der Waals surface area contributed by atoms with Crippen molar-refractivity contribution in [3.8, 4) is 0 Å². The van der Waals surface area contributed by atoms with Crippen molar-refractivity contribution in [3.05, 3.63) is 89.1 Å². The van der Waals surface area contributed by atoms with Crippen LogP contribution >= 0.6 is 43.2 Å². The number of aromatic nitrogens is 1. The number of hydrogen-bond acceptors (Lipinski definition) is 5. The van der Waals surface area contributed by atoms with Crippen molar-refractivity contribution in [2.45, 2.75) is 19.9 Å². The molecule has 150 valence electrons. The summed E-state index contributed by atoms with van der Waals surface area (Å²) in [5.41, 5.74) is 2.19. The molecular formula is C22H14Br2N2O3S. The summed E-state index contributed by atoms with van der Waals surface area (Å²) in [4.78, 5) is 34.2. The molecule has 3 heterocycles. The summed E-state index contributed by atoms with van der Waals surface area (Å²) in [6, 6.07) is 12.2. The zero-order chi connectivity index (χ0) is 21.2. The quantitative estimate of drug-likeness (QED) is 0.303. The molecule has 1 amide bonds. The van der Waals surface area contributed by atoms with E-state index in [0.717, 1.165) is 25.1 Å². The van der Waals surface area contributed by atoms with Gasteiger partial charge in [0.15, 0.2) is 10.6 Å². The van der Waals surface area contributed by atoms with Gasteiger partial charge in [0.1, 0.15) is 5.58 Å². The zero-order valence-corrected chi connectivity index (χ0v) is 19.9. The molecule has 1 unspecified atom stereocenters. The summed E-state index contributed by atoms with van der Waals surface area (Å²) >= 11 is 8.35. The first-order chi connectivity index (χ1) is 14.3. The molecule has 1 aliphatic heterocycles. The van der Waals surface area contributed by atoms with Crippen LogP contribution in [-0.4, -0.2) is 10.9 Å². The monoisotopic (exact) mass is 544 g/mol. The number of carbonyl (C=O) groups excluding carboxylic acids is 1. The lowest BCUT2D eigenvalue weighted by Crippen LogP contribution is -2.29. The minimum atomic E-state index is -0.616. The van der Waals surface area contributed by atoms with Gasteiger partial charge >= 0.3 is 0 Å². The number of nitrogens with zero attached hydrogens (tertiary/aromatic N) is 2. The van der Waals surface area contributed by atoms with E-state index in [9.17, 15) is 9.59 Å². The molecule has 2 aromatic heterocycles. The van der Waals surface area contributed by atoms with Gasteiger partial charge in [-0.05, 0) is 49.7 Å². The number of aryl methyl sites for hydroxylation is 2. The van der Waals surface area contributed by atoms with E-state index in [1.165, 1.54) is 11.3 Å². The Morgan fingerprint density at radius 3 is 2.53 bits per heavy atom. The van der Waals surface area contributed by atoms with Crippen LogP contribution in [0.3, 0.4) is 0 Å². The molecule has 1 atom stereocenters. The molecule has 0 saturated carbocycles. The van der Waals surface area contributed by atoms with Gasteiger partial charge in [-0.15, -0.1) is 11.3 Å². The highest BCUT2D eigenvalue weighted by molar-refractivity contribution is 9.10. The van der Waals surface area contributed by atoms with E-state index in [2.05, 4.69) is 36.8 Å². The first kappa shape index (κ1) is 19.7. The number of benzene rings is 2. The molecule has 0 radical (unpaired) electrons. The van der Waals surface area contributed by atoms with Crippen LogP contribution in [0.15, 0.2) is 60.6 Å². The van der Waals surface area contributed by atoms with Gasteiger partial charge in [0.25, 0.3) is 5.91 Å². The summed E-state index contributed by atoms with van der Waals surface area (Å²) in [5, 5.41) is 0.986. The predicted molar refractivity (Wildman–Crippen MR) is 125 cm³/mol. The minimum Gasteiger partial charge on any atom is -0.450 e. The molecule has 2 aromatic carbocycles. The average Bonchev–Trinajstić information content (AvgIpc) is 3.19. The Labute approximate surface area is 192 Å². The van der Waals surface area contributed by atoms with E-state index in [4.69, 9.17) is 4.42 Å². The lowest BCUT2D eigenvalue weighted by atomic mass is 9.99. The van der Waals surface area contributed by atoms with Gasteiger partial charge in [-0.25, -0.2) is 4.98 Å². The number of amides is 1. The molecular weight excluding hydrogens is 532 g/mol. The fourth-order valence-electron chi connectivity index (χ4n) is 3.69. The highest BCUT2D eigenvalue weighted by Gasteiger charge is 2.45. The number of fused-ring (bicyclic) bond motifs is 2. The Balaban J connectivity index is 1.84. The molecule has 0 fully saturated rings. The Hall–Kier alpha value is -2.29. The van der Waals surface area contributed by atoms with E-state index >= 15 is 0 Å². The fourth-order valence-corrected chi connectivity index (χ4v) is 5.41. The van der Waals surface area contributed by atoms with Crippen molar-refractivity contribution in [2.75, 3.05) is 4.90 Å². The number of anilines is 1. The Morgan fingerprint density at radius 2 is 1.83 bits per heavy atom. The molecule has 30 heavy (non-hydrogen) atoms. The highest BCUT2D eigenvalue weighted by Crippen LogP contribution is 2.43. The summed E-state index contributed by atoms with van der Waals surface area (Å²) in [6.07, 6.45) is 0. The third kappa shape index (κ3) is 2.97. The molecule has 5 rings (SSSR count). The second kappa shape index (κ2) is 7.14. The van der Waals surface area contributed by atoms with Gasteiger partial charge in [-0.2, -0.15) is 0 Å². The maximum atomic E-state index is 13.5. The Morgan fingerprint density at radius 1 is 1.07 bits per heavy atom. The summed E-state index contributed by atoms with van der Waals surface area (Å²) in [5.74, 6) is -0.282. The summed E-state index contributed by atoms with van der Waals surface area (Å²) in [7, 11) is 0. The lowest BCUT2D eigenvalue weighted by molar-refractivity contribution is 0.0971. The molecule has 0 spiro atoms. The van der Waals surface area contributed by atoms with Crippen LogP contribution < -0.4 is 10.3 Å². The average molecular weight is 546 g/mol. The van der Waals surface area contributed by atoms with Crippen molar-refractivity contribution < 1.29 is 9.21 Å².